The van der Waals surface area contributed by atoms with Crippen molar-refractivity contribution < 1.29 is 4.74 Å². The normalized spacial score (nSPS) is 18.2. The first-order valence-corrected chi connectivity index (χ1v) is 6.04. The molecular weight excluding hydrogens is 297 g/mol. The molecule has 4 heteroatoms. The number of hydrogen-bond donors (Lipinski definition) is 1. The van der Waals surface area contributed by atoms with E-state index < -0.39 is 0 Å². The maximum atomic E-state index is 6.10. The van der Waals surface area contributed by atoms with Crippen LogP contribution < -0.4 is 5.73 Å². The highest BCUT2D eigenvalue weighted by atomic mass is 127. The lowest BCUT2D eigenvalue weighted by Gasteiger charge is -2.09. The summed E-state index contributed by atoms with van der Waals surface area (Å²) >= 11 is 4.04. The van der Waals surface area contributed by atoms with Crippen LogP contribution in [0.1, 0.15) is 17.3 Å². The first-order chi connectivity index (χ1) is 6.29. The van der Waals surface area contributed by atoms with E-state index in [-0.39, 0.29) is 6.04 Å². The fourth-order valence-electron chi connectivity index (χ4n) is 1.33. The summed E-state index contributed by atoms with van der Waals surface area (Å²) in [7, 11) is 0. The molecule has 0 saturated carbocycles. The van der Waals surface area contributed by atoms with Crippen molar-refractivity contribution in [3.8, 4) is 0 Å². The minimum absolute atomic E-state index is 0.0365. The maximum Gasteiger partial charge on any atom is 0.0912 e. The molecule has 2 heterocycles. The van der Waals surface area contributed by atoms with Gasteiger partial charge in [0.25, 0.3) is 0 Å². The van der Waals surface area contributed by atoms with Crippen LogP contribution in [0.2, 0.25) is 0 Å². The molecule has 1 unspecified atom stereocenters. The molecule has 13 heavy (non-hydrogen) atoms. The first kappa shape index (κ1) is 9.48. The van der Waals surface area contributed by atoms with Gasteiger partial charge in [-0.15, -0.1) is 11.3 Å². The number of rotatable bonds is 2. The Morgan fingerprint density at radius 1 is 1.62 bits per heavy atom. The minimum Gasteiger partial charge on any atom is -0.501 e. The monoisotopic (exact) mass is 307 g/mol. The number of halogens is 1. The predicted octanol–water partition coefficient (Wildman–Crippen LogP) is 2.66. The van der Waals surface area contributed by atoms with E-state index in [1.807, 2.05) is 0 Å². The minimum atomic E-state index is 0.0365. The van der Waals surface area contributed by atoms with Gasteiger partial charge in [-0.1, -0.05) is 0 Å². The van der Waals surface area contributed by atoms with Crippen molar-refractivity contribution >= 4 is 33.9 Å². The van der Waals surface area contributed by atoms with Gasteiger partial charge in [-0.3, -0.25) is 0 Å². The fourth-order valence-corrected chi connectivity index (χ4v) is 3.30. The molecule has 1 aliphatic heterocycles. The van der Waals surface area contributed by atoms with Crippen LogP contribution in [-0.4, -0.2) is 6.61 Å². The Hall–Kier alpha value is -0.0700. The Balaban J connectivity index is 2.21. The largest absolute Gasteiger partial charge is 0.501 e. The third-order valence-electron chi connectivity index (χ3n) is 2.07. The Kier molecular flexibility index (Phi) is 2.90. The van der Waals surface area contributed by atoms with Gasteiger partial charge in [0.2, 0.25) is 0 Å². The predicted molar refractivity (Wildman–Crippen MR) is 62.6 cm³/mol. The van der Waals surface area contributed by atoms with E-state index in [0.717, 1.165) is 13.0 Å². The zero-order valence-electron chi connectivity index (χ0n) is 7.00. The van der Waals surface area contributed by atoms with E-state index in [0.29, 0.717) is 0 Å². The van der Waals surface area contributed by atoms with Crippen LogP contribution in [0, 0.1) is 3.57 Å². The Labute approximate surface area is 94.9 Å². The van der Waals surface area contributed by atoms with Crippen molar-refractivity contribution in [2.45, 2.75) is 12.5 Å². The van der Waals surface area contributed by atoms with Crippen LogP contribution in [0.25, 0.3) is 0 Å². The van der Waals surface area contributed by atoms with E-state index in [4.69, 9.17) is 10.5 Å². The Morgan fingerprint density at radius 2 is 2.46 bits per heavy atom. The highest BCUT2D eigenvalue weighted by Gasteiger charge is 2.18. The second kappa shape index (κ2) is 3.98. The molecule has 0 saturated heterocycles. The Bertz CT molecular complexity index is 334. The summed E-state index contributed by atoms with van der Waals surface area (Å²) in [4.78, 5) is 1.25. The SMILES string of the molecule is NC(C1=COCC1)c1sccc1I. The van der Waals surface area contributed by atoms with Gasteiger partial charge in [-0.05, 0) is 39.6 Å². The van der Waals surface area contributed by atoms with E-state index in [1.165, 1.54) is 14.0 Å². The molecular formula is C9H10INOS. The average molecular weight is 307 g/mol. The maximum absolute atomic E-state index is 6.10. The molecule has 1 atom stereocenters. The van der Waals surface area contributed by atoms with Gasteiger partial charge >= 0.3 is 0 Å². The molecule has 2 N–H and O–H groups in total. The molecule has 0 fully saturated rings. The van der Waals surface area contributed by atoms with Crippen LogP contribution in [-0.2, 0) is 4.74 Å². The summed E-state index contributed by atoms with van der Waals surface area (Å²) in [5.41, 5.74) is 7.31. The van der Waals surface area contributed by atoms with Gasteiger partial charge in [-0.2, -0.15) is 0 Å². The molecule has 0 aromatic carbocycles. The van der Waals surface area contributed by atoms with Crippen LogP contribution in [0.5, 0.6) is 0 Å². The van der Waals surface area contributed by atoms with Gasteiger partial charge in [0, 0.05) is 14.9 Å². The molecule has 0 amide bonds. The zero-order valence-corrected chi connectivity index (χ0v) is 9.97. The summed E-state index contributed by atoms with van der Waals surface area (Å²) in [6.45, 7) is 0.783. The quantitative estimate of drug-likeness (QED) is 0.853. The molecule has 0 spiro atoms. The highest BCUT2D eigenvalue weighted by molar-refractivity contribution is 14.1. The lowest BCUT2D eigenvalue weighted by Crippen LogP contribution is -2.11. The van der Waals surface area contributed by atoms with Crippen molar-refractivity contribution in [3.05, 3.63) is 31.7 Å². The third kappa shape index (κ3) is 1.89. The molecule has 2 rings (SSSR count). The standard InChI is InChI=1S/C9H10INOS/c10-7-2-4-13-9(7)8(11)6-1-3-12-5-6/h2,4-5,8H,1,3,11H2. The topological polar surface area (TPSA) is 35.2 Å². The molecule has 0 bridgehead atoms. The summed E-state index contributed by atoms with van der Waals surface area (Å²) < 4.78 is 6.43. The van der Waals surface area contributed by atoms with Crippen LogP contribution >= 0.6 is 33.9 Å². The molecule has 2 nitrogen and oxygen atoms in total. The van der Waals surface area contributed by atoms with Crippen molar-refractivity contribution in [2.75, 3.05) is 6.61 Å². The molecule has 1 aromatic heterocycles. The molecule has 70 valence electrons. The number of nitrogens with two attached hydrogens (primary N) is 1. The fraction of sp³-hybridized carbons (Fsp3) is 0.333. The van der Waals surface area contributed by atoms with E-state index >= 15 is 0 Å². The summed E-state index contributed by atoms with van der Waals surface area (Å²) in [5.74, 6) is 0. The second-order valence-corrected chi connectivity index (χ2v) is 5.03. The van der Waals surface area contributed by atoms with E-state index in [2.05, 4.69) is 34.0 Å². The van der Waals surface area contributed by atoms with Crippen molar-refractivity contribution in [1.29, 1.82) is 0 Å². The van der Waals surface area contributed by atoms with Gasteiger partial charge < -0.3 is 10.5 Å². The molecule has 1 aliphatic rings. The smallest absolute Gasteiger partial charge is 0.0912 e. The van der Waals surface area contributed by atoms with Gasteiger partial charge in [0.05, 0.1) is 18.9 Å². The lowest BCUT2D eigenvalue weighted by molar-refractivity contribution is 0.281. The Morgan fingerprint density at radius 3 is 3.00 bits per heavy atom. The summed E-state index contributed by atoms with van der Waals surface area (Å²) in [6.07, 6.45) is 2.77. The number of thiophene rings is 1. The highest BCUT2D eigenvalue weighted by Crippen LogP contribution is 2.31. The van der Waals surface area contributed by atoms with Crippen molar-refractivity contribution in [2.24, 2.45) is 5.73 Å². The van der Waals surface area contributed by atoms with Crippen molar-refractivity contribution in [1.82, 2.24) is 0 Å². The number of ether oxygens (including phenoxy) is 1. The molecule has 0 radical (unpaired) electrons. The average Bonchev–Trinajstić information content (AvgIpc) is 2.72. The summed E-state index contributed by atoms with van der Waals surface area (Å²) in [5, 5.41) is 2.08. The molecule has 1 aromatic rings. The lowest BCUT2D eigenvalue weighted by atomic mass is 10.1. The van der Waals surface area contributed by atoms with E-state index in [9.17, 15) is 0 Å². The second-order valence-electron chi connectivity index (χ2n) is 2.92. The van der Waals surface area contributed by atoms with Crippen LogP contribution in [0.4, 0.5) is 0 Å². The third-order valence-corrected chi connectivity index (χ3v) is 4.38. The summed E-state index contributed by atoms with van der Waals surface area (Å²) in [6, 6.07) is 2.13. The van der Waals surface area contributed by atoms with Crippen LogP contribution in [0.3, 0.4) is 0 Å². The first-order valence-electron chi connectivity index (χ1n) is 4.08. The number of hydrogen-bond acceptors (Lipinski definition) is 3. The zero-order chi connectivity index (χ0) is 9.26. The van der Waals surface area contributed by atoms with E-state index in [1.54, 1.807) is 17.6 Å². The van der Waals surface area contributed by atoms with Crippen molar-refractivity contribution in [3.63, 3.8) is 0 Å². The van der Waals surface area contributed by atoms with Gasteiger partial charge in [-0.25, -0.2) is 0 Å². The van der Waals surface area contributed by atoms with Gasteiger partial charge in [0.15, 0.2) is 0 Å². The molecule has 0 aliphatic carbocycles. The van der Waals surface area contributed by atoms with Gasteiger partial charge in [0.1, 0.15) is 0 Å². The van der Waals surface area contributed by atoms with Crippen LogP contribution in [0.15, 0.2) is 23.3 Å².